The molecule has 3 rings (SSSR count). The highest BCUT2D eigenvalue weighted by Gasteiger charge is 2.12. The number of benzene rings is 1. The average Bonchev–Trinajstić information content (AvgIpc) is 2.71. The van der Waals surface area contributed by atoms with Crippen molar-refractivity contribution < 1.29 is 9.84 Å². The summed E-state index contributed by atoms with van der Waals surface area (Å²) in [6, 6.07) is 9.96. The molecule has 28 heavy (non-hydrogen) atoms. The van der Waals surface area contributed by atoms with Crippen LogP contribution < -0.4 is 15.8 Å². The van der Waals surface area contributed by atoms with Crippen molar-refractivity contribution in [3.8, 4) is 5.75 Å². The van der Waals surface area contributed by atoms with Crippen LogP contribution in [-0.4, -0.2) is 32.7 Å². The van der Waals surface area contributed by atoms with Gasteiger partial charge in [-0.1, -0.05) is 43.3 Å². The van der Waals surface area contributed by atoms with Crippen LogP contribution in [0.1, 0.15) is 25.5 Å². The van der Waals surface area contributed by atoms with Crippen LogP contribution in [0.4, 0.5) is 11.8 Å². The fraction of sp³-hybridized carbons (Fsp3) is 0.286. The van der Waals surface area contributed by atoms with E-state index < -0.39 is 0 Å². The molecule has 0 bridgehead atoms. The monoisotopic (exact) mass is 379 g/mol. The topological polar surface area (TPSA) is 106 Å². The van der Waals surface area contributed by atoms with Gasteiger partial charge in [-0.3, -0.25) is 4.98 Å². The van der Waals surface area contributed by atoms with Gasteiger partial charge in [-0.25, -0.2) is 4.98 Å². The van der Waals surface area contributed by atoms with Crippen molar-refractivity contribution in [2.45, 2.75) is 32.4 Å². The van der Waals surface area contributed by atoms with E-state index >= 15 is 0 Å². The van der Waals surface area contributed by atoms with Gasteiger partial charge in [-0.05, 0) is 24.3 Å². The number of fused-ring (bicyclic) bond motifs is 1. The van der Waals surface area contributed by atoms with E-state index in [1.54, 1.807) is 6.20 Å². The summed E-state index contributed by atoms with van der Waals surface area (Å²) in [5.41, 5.74) is 6.55. The molecule has 1 atom stereocenters. The molecule has 0 aliphatic rings. The summed E-state index contributed by atoms with van der Waals surface area (Å²) in [6.07, 6.45) is 8.88. The van der Waals surface area contributed by atoms with Gasteiger partial charge in [0.1, 0.15) is 6.61 Å². The van der Waals surface area contributed by atoms with E-state index in [9.17, 15) is 5.11 Å². The van der Waals surface area contributed by atoms with Crippen molar-refractivity contribution in [3.05, 3.63) is 60.6 Å². The molecular formula is C21H25N5O2. The molecule has 0 unspecified atom stereocenters. The summed E-state index contributed by atoms with van der Waals surface area (Å²) >= 11 is 0. The van der Waals surface area contributed by atoms with Crippen LogP contribution >= 0.6 is 0 Å². The molecule has 2 heterocycles. The molecule has 7 heteroatoms. The van der Waals surface area contributed by atoms with Gasteiger partial charge >= 0.3 is 0 Å². The minimum atomic E-state index is -0.0830. The van der Waals surface area contributed by atoms with E-state index in [4.69, 9.17) is 10.5 Å². The lowest BCUT2D eigenvalue weighted by Crippen LogP contribution is -2.20. The fourth-order valence-electron chi connectivity index (χ4n) is 2.78. The Morgan fingerprint density at radius 3 is 2.82 bits per heavy atom. The van der Waals surface area contributed by atoms with Gasteiger partial charge in [-0.15, -0.1) is 0 Å². The Balaban J connectivity index is 1.76. The maximum absolute atomic E-state index is 9.31. The van der Waals surface area contributed by atoms with Crippen molar-refractivity contribution in [2.24, 2.45) is 0 Å². The second-order valence-corrected chi connectivity index (χ2v) is 6.35. The molecule has 1 aromatic carbocycles. The number of nitrogens with zero attached hydrogens (tertiary/aromatic N) is 3. The van der Waals surface area contributed by atoms with Crippen molar-refractivity contribution in [1.29, 1.82) is 0 Å². The van der Waals surface area contributed by atoms with Crippen LogP contribution in [0, 0.1) is 0 Å². The summed E-state index contributed by atoms with van der Waals surface area (Å²) in [7, 11) is 0. The van der Waals surface area contributed by atoms with Gasteiger partial charge < -0.3 is 20.9 Å². The molecule has 3 aromatic rings. The molecule has 0 spiro atoms. The number of aliphatic hydroxyl groups is 1. The minimum Gasteiger partial charge on any atom is -0.482 e. The zero-order chi connectivity index (χ0) is 19.8. The normalized spacial score (nSPS) is 12.4. The highest BCUT2D eigenvalue weighted by Crippen LogP contribution is 2.24. The van der Waals surface area contributed by atoms with Crippen LogP contribution in [-0.2, 0) is 6.61 Å². The lowest BCUT2D eigenvalue weighted by Gasteiger charge is -2.17. The van der Waals surface area contributed by atoms with Crippen molar-refractivity contribution >= 4 is 22.5 Å². The molecule has 0 fully saturated rings. The molecule has 0 aliphatic heterocycles. The lowest BCUT2D eigenvalue weighted by molar-refractivity contribution is 0.284. The number of rotatable bonds is 9. The van der Waals surface area contributed by atoms with Gasteiger partial charge in [-0.2, -0.15) is 4.98 Å². The standard InChI is InChI=1S/C21H25N5O2/c1-2-3-8-17(9-10-27)25-20-19(13-24-21(22)26-20)28-14-18-11-15-6-4-5-7-16(15)12-23-18/h3-8,11-13,17,27H,2,9-10,14H2,1H3,(H3,22,24,25,26)/b8-3+/t17-/m0/s1. The van der Waals surface area contributed by atoms with Gasteiger partial charge in [0.2, 0.25) is 5.95 Å². The Bertz CT molecular complexity index is 945. The number of aromatic nitrogens is 3. The van der Waals surface area contributed by atoms with E-state index in [1.807, 2.05) is 48.7 Å². The predicted octanol–water partition coefficient (Wildman–Crippen LogP) is 3.32. The van der Waals surface area contributed by atoms with Crippen LogP contribution in [0.15, 0.2) is 54.9 Å². The maximum Gasteiger partial charge on any atom is 0.222 e. The molecule has 0 amide bonds. The third kappa shape index (κ3) is 5.17. The number of pyridine rings is 1. The Labute approximate surface area is 164 Å². The van der Waals surface area contributed by atoms with Crippen LogP contribution in [0.5, 0.6) is 5.75 Å². The summed E-state index contributed by atoms with van der Waals surface area (Å²) in [5, 5.41) is 14.8. The molecule has 0 saturated heterocycles. The second kappa shape index (κ2) is 9.66. The first-order valence-electron chi connectivity index (χ1n) is 9.32. The largest absolute Gasteiger partial charge is 0.482 e. The summed E-state index contributed by atoms with van der Waals surface area (Å²) in [4.78, 5) is 12.7. The summed E-state index contributed by atoms with van der Waals surface area (Å²) < 4.78 is 5.92. The van der Waals surface area contributed by atoms with E-state index in [1.165, 1.54) is 0 Å². The number of hydrogen-bond donors (Lipinski definition) is 3. The van der Waals surface area contributed by atoms with Crippen LogP contribution in [0.3, 0.4) is 0 Å². The molecule has 7 nitrogen and oxygen atoms in total. The first-order valence-corrected chi connectivity index (χ1v) is 9.32. The van der Waals surface area contributed by atoms with E-state index in [0.717, 1.165) is 22.9 Å². The highest BCUT2D eigenvalue weighted by molar-refractivity contribution is 5.81. The number of nitrogens with two attached hydrogens (primary N) is 1. The molecule has 146 valence electrons. The predicted molar refractivity (Wildman–Crippen MR) is 111 cm³/mol. The number of nitrogens with one attached hydrogen (secondary N) is 1. The Hall–Kier alpha value is -3.19. The Morgan fingerprint density at radius 1 is 1.21 bits per heavy atom. The smallest absolute Gasteiger partial charge is 0.222 e. The SMILES string of the molecule is CC/C=C/[C@@H](CCO)Nc1nc(N)ncc1OCc1cc2ccccc2cn1. The zero-order valence-corrected chi connectivity index (χ0v) is 15.9. The average molecular weight is 379 g/mol. The third-order valence-corrected chi connectivity index (χ3v) is 4.20. The molecular weight excluding hydrogens is 354 g/mol. The summed E-state index contributed by atoms with van der Waals surface area (Å²) in [5.74, 6) is 1.13. The van der Waals surface area contributed by atoms with Gasteiger partial charge in [0.05, 0.1) is 11.9 Å². The number of aliphatic hydroxyl groups excluding tert-OH is 1. The lowest BCUT2D eigenvalue weighted by atomic mass is 10.1. The first kappa shape index (κ1) is 19.6. The number of allylic oxidation sites excluding steroid dienone is 1. The quantitative estimate of drug-likeness (QED) is 0.490. The Morgan fingerprint density at radius 2 is 2.04 bits per heavy atom. The van der Waals surface area contributed by atoms with E-state index in [-0.39, 0.29) is 25.2 Å². The fourth-order valence-corrected chi connectivity index (χ4v) is 2.78. The number of anilines is 2. The first-order chi connectivity index (χ1) is 13.7. The van der Waals surface area contributed by atoms with Gasteiger partial charge in [0.15, 0.2) is 11.6 Å². The number of hydrogen-bond acceptors (Lipinski definition) is 7. The number of ether oxygens (including phenoxy) is 1. The van der Waals surface area contributed by atoms with Crippen LogP contribution in [0.2, 0.25) is 0 Å². The van der Waals surface area contributed by atoms with Gasteiger partial charge in [0, 0.05) is 24.2 Å². The second-order valence-electron chi connectivity index (χ2n) is 6.35. The number of nitrogen functional groups attached to an aromatic ring is 1. The van der Waals surface area contributed by atoms with E-state index in [0.29, 0.717) is 18.0 Å². The van der Waals surface area contributed by atoms with Crippen molar-refractivity contribution in [1.82, 2.24) is 15.0 Å². The maximum atomic E-state index is 9.31. The molecule has 0 saturated carbocycles. The molecule has 4 N–H and O–H groups in total. The van der Waals surface area contributed by atoms with Crippen LogP contribution in [0.25, 0.3) is 10.8 Å². The molecule has 0 aliphatic carbocycles. The summed E-state index contributed by atoms with van der Waals surface area (Å²) in [6.45, 7) is 2.39. The van der Waals surface area contributed by atoms with E-state index in [2.05, 4.69) is 27.2 Å². The van der Waals surface area contributed by atoms with Gasteiger partial charge in [0.25, 0.3) is 0 Å². The van der Waals surface area contributed by atoms with Crippen molar-refractivity contribution in [2.75, 3.05) is 17.7 Å². The molecule has 0 radical (unpaired) electrons. The zero-order valence-electron chi connectivity index (χ0n) is 15.9. The highest BCUT2D eigenvalue weighted by atomic mass is 16.5. The third-order valence-electron chi connectivity index (χ3n) is 4.20. The Kier molecular flexibility index (Phi) is 6.75. The molecule has 2 aromatic heterocycles. The van der Waals surface area contributed by atoms with Crippen molar-refractivity contribution in [3.63, 3.8) is 0 Å². The minimum absolute atomic E-state index is 0.0590.